The largest absolute Gasteiger partial charge is 0.480 e. The maximum absolute atomic E-state index is 10.9. The van der Waals surface area contributed by atoms with Gasteiger partial charge in [-0.05, 0) is 19.8 Å². The summed E-state index contributed by atoms with van der Waals surface area (Å²) in [5.74, 6) is -0.827. The SMILES string of the molecule is CCOC1CCN(C(CN)C(=O)O)CC1. The second-order valence-corrected chi connectivity index (χ2v) is 3.78. The van der Waals surface area contributed by atoms with Crippen molar-refractivity contribution in [3.8, 4) is 0 Å². The molecule has 0 aromatic carbocycles. The number of hydrogen-bond acceptors (Lipinski definition) is 4. The lowest BCUT2D eigenvalue weighted by molar-refractivity contribution is -0.144. The van der Waals surface area contributed by atoms with Crippen molar-refractivity contribution in [2.75, 3.05) is 26.2 Å². The van der Waals surface area contributed by atoms with Gasteiger partial charge in [-0.15, -0.1) is 0 Å². The van der Waals surface area contributed by atoms with Gasteiger partial charge in [0.2, 0.25) is 0 Å². The molecular weight excluding hydrogens is 196 g/mol. The average Bonchev–Trinajstić information content (AvgIpc) is 2.21. The Bertz CT molecular complexity index is 203. The molecule has 5 nitrogen and oxygen atoms in total. The molecule has 1 saturated heterocycles. The molecule has 0 aromatic rings. The Kier molecular flexibility index (Phi) is 5.01. The van der Waals surface area contributed by atoms with Gasteiger partial charge < -0.3 is 15.6 Å². The molecule has 0 bridgehead atoms. The Morgan fingerprint density at radius 3 is 2.60 bits per heavy atom. The highest BCUT2D eigenvalue weighted by molar-refractivity contribution is 5.73. The van der Waals surface area contributed by atoms with E-state index in [0.717, 1.165) is 32.5 Å². The summed E-state index contributed by atoms with van der Waals surface area (Å²) in [5, 5.41) is 8.94. The van der Waals surface area contributed by atoms with Gasteiger partial charge in [-0.2, -0.15) is 0 Å². The standard InChI is InChI=1S/C10H20N2O3/c1-2-15-8-3-5-12(6-4-8)9(7-11)10(13)14/h8-9H,2-7,11H2,1H3,(H,13,14). The monoisotopic (exact) mass is 216 g/mol. The molecule has 88 valence electrons. The number of carboxylic acids is 1. The molecule has 0 amide bonds. The highest BCUT2D eigenvalue weighted by Crippen LogP contribution is 2.15. The number of nitrogens with zero attached hydrogens (tertiary/aromatic N) is 1. The number of carboxylic acid groups (broad SMARTS) is 1. The summed E-state index contributed by atoms with van der Waals surface area (Å²) in [6, 6.07) is -0.535. The van der Waals surface area contributed by atoms with Gasteiger partial charge in [0, 0.05) is 26.2 Å². The molecule has 1 aliphatic heterocycles. The summed E-state index contributed by atoms with van der Waals surface area (Å²) in [4.78, 5) is 12.8. The van der Waals surface area contributed by atoms with E-state index >= 15 is 0 Å². The minimum Gasteiger partial charge on any atom is -0.480 e. The fourth-order valence-corrected chi connectivity index (χ4v) is 2.00. The zero-order valence-corrected chi connectivity index (χ0v) is 9.19. The molecule has 1 fully saturated rings. The van der Waals surface area contributed by atoms with Crippen LogP contribution >= 0.6 is 0 Å². The first-order chi connectivity index (χ1) is 7.19. The van der Waals surface area contributed by atoms with Crippen molar-refractivity contribution in [3.05, 3.63) is 0 Å². The fraction of sp³-hybridized carbons (Fsp3) is 0.900. The number of likely N-dealkylation sites (tertiary alicyclic amines) is 1. The van der Waals surface area contributed by atoms with Crippen LogP contribution < -0.4 is 5.73 Å². The molecule has 3 N–H and O–H groups in total. The van der Waals surface area contributed by atoms with Gasteiger partial charge in [-0.25, -0.2) is 0 Å². The number of aliphatic carboxylic acids is 1. The molecule has 5 heteroatoms. The van der Waals surface area contributed by atoms with Crippen molar-refractivity contribution < 1.29 is 14.6 Å². The predicted molar refractivity (Wildman–Crippen MR) is 56.7 cm³/mol. The topological polar surface area (TPSA) is 75.8 Å². The van der Waals surface area contributed by atoms with Crippen LogP contribution in [0.4, 0.5) is 0 Å². The predicted octanol–water partition coefficient (Wildman–Crippen LogP) is -0.101. The molecule has 1 atom stereocenters. The van der Waals surface area contributed by atoms with Crippen LogP contribution in [0.5, 0.6) is 0 Å². The van der Waals surface area contributed by atoms with Crippen LogP contribution in [0.1, 0.15) is 19.8 Å². The van der Waals surface area contributed by atoms with E-state index in [-0.39, 0.29) is 6.54 Å². The van der Waals surface area contributed by atoms with Gasteiger partial charge >= 0.3 is 5.97 Å². The van der Waals surface area contributed by atoms with E-state index in [1.54, 1.807) is 0 Å². The first-order valence-corrected chi connectivity index (χ1v) is 5.47. The zero-order chi connectivity index (χ0) is 11.3. The van der Waals surface area contributed by atoms with Gasteiger partial charge in [0.15, 0.2) is 0 Å². The van der Waals surface area contributed by atoms with Gasteiger partial charge in [0.05, 0.1) is 6.10 Å². The van der Waals surface area contributed by atoms with E-state index in [4.69, 9.17) is 15.6 Å². The quantitative estimate of drug-likeness (QED) is 0.671. The minimum atomic E-state index is -0.827. The van der Waals surface area contributed by atoms with Gasteiger partial charge in [-0.3, -0.25) is 9.69 Å². The smallest absolute Gasteiger partial charge is 0.322 e. The Labute approximate surface area is 90.2 Å². The second-order valence-electron chi connectivity index (χ2n) is 3.78. The lowest BCUT2D eigenvalue weighted by atomic mass is 10.1. The van der Waals surface area contributed by atoms with Crippen LogP contribution in [-0.2, 0) is 9.53 Å². The normalized spacial score (nSPS) is 21.5. The maximum Gasteiger partial charge on any atom is 0.322 e. The minimum absolute atomic E-state index is 0.175. The lowest BCUT2D eigenvalue weighted by Gasteiger charge is -2.34. The molecular formula is C10H20N2O3. The Balaban J connectivity index is 2.38. The van der Waals surface area contributed by atoms with E-state index in [2.05, 4.69) is 0 Å². The van der Waals surface area contributed by atoms with Crippen LogP contribution in [0, 0.1) is 0 Å². The highest BCUT2D eigenvalue weighted by atomic mass is 16.5. The number of nitrogens with two attached hydrogens (primary N) is 1. The van der Waals surface area contributed by atoms with E-state index in [0.29, 0.717) is 6.10 Å². The maximum atomic E-state index is 10.9. The van der Waals surface area contributed by atoms with E-state index in [1.165, 1.54) is 0 Å². The molecule has 0 spiro atoms. The summed E-state index contributed by atoms with van der Waals surface area (Å²) in [6.45, 7) is 4.41. The molecule has 1 heterocycles. The van der Waals surface area contributed by atoms with Crippen molar-refractivity contribution in [3.63, 3.8) is 0 Å². The molecule has 0 aliphatic carbocycles. The van der Waals surface area contributed by atoms with Gasteiger partial charge in [-0.1, -0.05) is 0 Å². The summed E-state index contributed by atoms with van der Waals surface area (Å²) < 4.78 is 5.50. The lowest BCUT2D eigenvalue weighted by Crippen LogP contribution is -2.50. The van der Waals surface area contributed by atoms with Crippen molar-refractivity contribution in [1.82, 2.24) is 4.90 Å². The molecule has 1 aliphatic rings. The third-order valence-corrected chi connectivity index (χ3v) is 2.83. The first kappa shape index (κ1) is 12.4. The molecule has 0 saturated carbocycles. The van der Waals surface area contributed by atoms with Crippen LogP contribution in [0.25, 0.3) is 0 Å². The van der Waals surface area contributed by atoms with Crippen LogP contribution in [0.3, 0.4) is 0 Å². The van der Waals surface area contributed by atoms with Crippen molar-refractivity contribution in [1.29, 1.82) is 0 Å². The summed E-state index contributed by atoms with van der Waals surface area (Å²) >= 11 is 0. The number of piperidine rings is 1. The molecule has 0 radical (unpaired) electrons. The van der Waals surface area contributed by atoms with Crippen LogP contribution in [0.15, 0.2) is 0 Å². The van der Waals surface area contributed by atoms with Gasteiger partial charge in [0.25, 0.3) is 0 Å². The first-order valence-electron chi connectivity index (χ1n) is 5.47. The Morgan fingerprint density at radius 1 is 1.60 bits per heavy atom. The van der Waals surface area contributed by atoms with Crippen LogP contribution in [0.2, 0.25) is 0 Å². The number of hydrogen-bond donors (Lipinski definition) is 2. The summed E-state index contributed by atoms with van der Waals surface area (Å²) in [6.07, 6.45) is 2.09. The number of carbonyl (C=O) groups is 1. The zero-order valence-electron chi connectivity index (χ0n) is 9.19. The molecule has 0 aromatic heterocycles. The summed E-state index contributed by atoms with van der Waals surface area (Å²) in [7, 11) is 0. The number of ether oxygens (including phenoxy) is 1. The second kappa shape index (κ2) is 6.05. The fourth-order valence-electron chi connectivity index (χ4n) is 2.00. The Morgan fingerprint density at radius 2 is 2.20 bits per heavy atom. The molecule has 15 heavy (non-hydrogen) atoms. The Hall–Kier alpha value is -0.650. The van der Waals surface area contributed by atoms with Crippen LogP contribution in [-0.4, -0.2) is 54.4 Å². The third kappa shape index (κ3) is 3.44. The van der Waals surface area contributed by atoms with Gasteiger partial charge in [0.1, 0.15) is 6.04 Å². The number of rotatable bonds is 5. The highest BCUT2D eigenvalue weighted by Gasteiger charge is 2.28. The third-order valence-electron chi connectivity index (χ3n) is 2.83. The molecule has 1 unspecified atom stereocenters. The van der Waals surface area contributed by atoms with E-state index in [1.807, 2.05) is 11.8 Å². The van der Waals surface area contributed by atoms with E-state index < -0.39 is 12.0 Å². The van der Waals surface area contributed by atoms with Crippen molar-refractivity contribution in [2.24, 2.45) is 5.73 Å². The van der Waals surface area contributed by atoms with Crippen molar-refractivity contribution in [2.45, 2.75) is 31.9 Å². The summed E-state index contributed by atoms with van der Waals surface area (Å²) in [5.41, 5.74) is 5.44. The van der Waals surface area contributed by atoms with E-state index in [9.17, 15) is 4.79 Å². The van der Waals surface area contributed by atoms with Crippen molar-refractivity contribution >= 4 is 5.97 Å². The average molecular weight is 216 g/mol. The molecule has 1 rings (SSSR count).